The Bertz CT molecular complexity index is 767. The highest BCUT2D eigenvalue weighted by Gasteiger charge is 2.28. The van der Waals surface area contributed by atoms with Crippen molar-refractivity contribution in [2.45, 2.75) is 13.3 Å². The number of ketones is 1. The van der Waals surface area contributed by atoms with Crippen LogP contribution in [0.5, 0.6) is 11.5 Å². The first-order chi connectivity index (χ1) is 11.6. The summed E-state index contributed by atoms with van der Waals surface area (Å²) in [7, 11) is 1.55. The summed E-state index contributed by atoms with van der Waals surface area (Å²) in [5.41, 5.74) is 2.26. The number of aryl methyl sites for hydroxylation is 1. The third-order valence-electron chi connectivity index (χ3n) is 4.04. The fourth-order valence-corrected chi connectivity index (χ4v) is 2.68. The molecule has 2 aromatic rings. The molecule has 3 rings (SSSR count). The van der Waals surface area contributed by atoms with E-state index in [0.29, 0.717) is 35.7 Å². The highest BCUT2D eigenvalue weighted by molar-refractivity contribution is 6.09. The van der Waals surface area contributed by atoms with Crippen molar-refractivity contribution >= 4 is 17.4 Å². The molecule has 0 bridgehead atoms. The molecule has 2 aromatic carbocycles. The van der Waals surface area contributed by atoms with Crippen molar-refractivity contribution in [1.82, 2.24) is 0 Å². The van der Waals surface area contributed by atoms with Crippen LogP contribution in [0.15, 0.2) is 42.5 Å². The molecular formula is C19H19NO4. The van der Waals surface area contributed by atoms with Crippen molar-refractivity contribution in [1.29, 1.82) is 0 Å². The molecule has 0 aliphatic carbocycles. The average Bonchev–Trinajstić information content (AvgIpc) is 2.61. The number of anilines is 1. The summed E-state index contributed by atoms with van der Waals surface area (Å²) in [6, 6.07) is 12.7. The number of Topliss-reactive ketones (excluding diaryl/α,β-unsaturated/α-hetero) is 1. The van der Waals surface area contributed by atoms with Gasteiger partial charge >= 0.3 is 0 Å². The Balaban J connectivity index is 1.77. The van der Waals surface area contributed by atoms with Crippen LogP contribution in [-0.4, -0.2) is 32.0 Å². The molecule has 0 saturated carbocycles. The topological polar surface area (TPSA) is 55.8 Å². The van der Waals surface area contributed by atoms with E-state index < -0.39 is 0 Å². The van der Waals surface area contributed by atoms with E-state index in [-0.39, 0.29) is 18.3 Å². The van der Waals surface area contributed by atoms with Crippen LogP contribution < -0.4 is 14.4 Å². The smallest absolute Gasteiger partial charge is 0.264 e. The lowest BCUT2D eigenvalue weighted by molar-refractivity contribution is -0.120. The van der Waals surface area contributed by atoms with E-state index in [0.717, 1.165) is 5.56 Å². The maximum absolute atomic E-state index is 12.6. The Morgan fingerprint density at radius 3 is 2.54 bits per heavy atom. The first-order valence-corrected chi connectivity index (χ1v) is 7.79. The number of rotatable bonds is 4. The summed E-state index contributed by atoms with van der Waals surface area (Å²) in [5.74, 6) is 1.11. The zero-order valence-electron chi connectivity index (χ0n) is 13.7. The van der Waals surface area contributed by atoms with E-state index in [4.69, 9.17) is 9.47 Å². The number of benzene rings is 2. The molecule has 0 spiro atoms. The Hall–Kier alpha value is -2.82. The maximum Gasteiger partial charge on any atom is 0.264 e. The van der Waals surface area contributed by atoms with Gasteiger partial charge in [-0.2, -0.15) is 0 Å². The van der Waals surface area contributed by atoms with Crippen LogP contribution in [0.3, 0.4) is 0 Å². The molecule has 124 valence electrons. The van der Waals surface area contributed by atoms with Crippen molar-refractivity contribution in [2.75, 3.05) is 25.2 Å². The van der Waals surface area contributed by atoms with E-state index in [2.05, 4.69) is 0 Å². The molecule has 0 atom stereocenters. The van der Waals surface area contributed by atoms with Crippen LogP contribution in [0.1, 0.15) is 22.3 Å². The number of amides is 1. The van der Waals surface area contributed by atoms with Gasteiger partial charge in [0.05, 0.1) is 12.8 Å². The van der Waals surface area contributed by atoms with Gasteiger partial charge < -0.3 is 14.4 Å². The minimum Gasteiger partial charge on any atom is -0.497 e. The lowest BCUT2D eigenvalue weighted by Gasteiger charge is -2.29. The van der Waals surface area contributed by atoms with Crippen LogP contribution in [-0.2, 0) is 4.79 Å². The molecule has 5 heteroatoms. The van der Waals surface area contributed by atoms with Crippen molar-refractivity contribution < 1.29 is 19.1 Å². The van der Waals surface area contributed by atoms with Crippen molar-refractivity contribution in [3.63, 3.8) is 0 Å². The van der Waals surface area contributed by atoms with Gasteiger partial charge in [0.2, 0.25) is 0 Å². The predicted molar refractivity (Wildman–Crippen MR) is 91.0 cm³/mol. The first kappa shape index (κ1) is 16.1. The number of nitrogens with zero attached hydrogens (tertiary/aromatic N) is 1. The summed E-state index contributed by atoms with van der Waals surface area (Å²) in [5, 5.41) is 0. The lowest BCUT2D eigenvalue weighted by Crippen LogP contribution is -2.40. The number of ether oxygens (including phenoxy) is 2. The van der Waals surface area contributed by atoms with Crippen molar-refractivity contribution in [3.8, 4) is 11.5 Å². The SMILES string of the molecule is COc1ccc2c(c1)N(C(=O)COc1ccc(C)cc1)CCC2=O. The number of carbonyl (C=O) groups excluding carboxylic acids is 2. The maximum atomic E-state index is 12.6. The van der Waals surface area contributed by atoms with Crippen LogP contribution in [0.25, 0.3) is 0 Å². The molecule has 1 aliphatic rings. The summed E-state index contributed by atoms with van der Waals surface area (Å²) < 4.78 is 10.8. The second-order valence-corrected chi connectivity index (χ2v) is 5.70. The highest BCUT2D eigenvalue weighted by atomic mass is 16.5. The second kappa shape index (κ2) is 6.74. The Labute approximate surface area is 140 Å². The van der Waals surface area contributed by atoms with Gasteiger partial charge in [-0.3, -0.25) is 9.59 Å². The summed E-state index contributed by atoms with van der Waals surface area (Å²) in [4.78, 5) is 26.2. The normalized spacial score (nSPS) is 13.4. The van der Waals surface area contributed by atoms with Crippen molar-refractivity contribution in [3.05, 3.63) is 53.6 Å². The molecule has 0 radical (unpaired) electrons. The Morgan fingerprint density at radius 1 is 1.12 bits per heavy atom. The molecule has 0 saturated heterocycles. The fraction of sp³-hybridized carbons (Fsp3) is 0.263. The number of hydrogen-bond acceptors (Lipinski definition) is 4. The number of fused-ring (bicyclic) bond motifs is 1. The van der Waals surface area contributed by atoms with Gasteiger partial charge in [-0.05, 0) is 31.2 Å². The van der Waals surface area contributed by atoms with E-state index in [9.17, 15) is 9.59 Å². The molecule has 0 N–H and O–H groups in total. The summed E-state index contributed by atoms with van der Waals surface area (Å²) in [6.07, 6.45) is 0.315. The molecule has 0 aromatic heterocycles. The van der Waals surface area contributed by atoms with E-state index in [1.165, 1.54) is 0 Å². The fourth-order valence-electron chi connectivity index (χ4n) is 2.68. The van der Waals surface area contributed by atoms with E-state index >= 15 is 0 Å². The van der Waals surface area contributed by atoms with Gasteiger partial charge in [0.25, 0.3) is 5.91 Å². The Morgan fingerprint density at radius 2 is 1.83 bits per heavy atom. The minimum atomic E-state index is -0.183. The monoisotopic (exact) mass is 325 g/mol. The number of methoxy groups -OCH3 is 1. The molecule has 24 heavy (non-hydrogen) atoms. The van der Waals surface area contributed by atoms with E-state index in [1.54, 1.807) is 30.2 Å². The molecule has 1 aliphatic heterocycles. The van der Waals surface area contributed by atoms with Crippen LogP contribution in [0.4, 0.5) is 5.69 Å². The summed E-state index contributed by atoms with van der Waals surface area (Å²) >= 11 is 0. The first-order valence-electron chi connectivity index (χ1n) is 7.79. The van der Waals surface area contributed by atoms with Gasteiger partial charge in [0, 0.05) is 24.6 Å². The van der Waals surface area contributed by atoms with E-state index in [1.807, 2.05) is 31.2 Å². The van der Waals surface area contributed by atoms with Crippen LogP contribution in [0, 0.1) is 6.92 Å². The zero-order valence-corrected chi connectivity index (χ0v) is 13.7. The second-order valence-electron chi connectivity index (χ2n) is 5.70. The highest BCUT2D eigenvalue weighted by Crippen LogP contribution is 2.31. The average molecular weight is 325 g/mol. The number of carbonyl (C=O) groups is 2. The molecule has 0 unspecified atom stereocenters. The van der Waals surface area contributed by atoms with Gasteiger partial charge in [-0.25, -0.2) is 0 Å². The third-order valence-corrected chi connectivity index (χ3v) is 4.04. The molecule has 5 nitrogen and oxygen atoms in total. The molecular weight excluding hydrogens is 306 g/mol. The van der Waals surface area contributed by atoms with Gasteiger partial charge in [0.15, 0.2) is 12.4 Å². The molecule has 1 amide bonds. The Kier molecular flexibility index (Phi) is 4.51. The van der Waals surface area contributed by atoms with Gasteiger partial charge in [-0.1, -0.05) is 17.7 Å². The largest absolute Gasteiger partial charge is 0.497 e. The third kappa shape index (κ3) is 3.25. The van der Waals surface area contributed by atoms with Gasteiger partial charge in [-0.15, -0.1) is 0 Å². The minimum absolute atomic E-state index is 0.0381. The predicted octanol–water partition coefficient (Wildman–Crippen LogP) is 3.00. The summed E-state index contributed by atoms with van der Waals surface area (Å²) in [6.45, 7) is 2.27. The zero-order chi connectivity index (χ0) is 17.1. The molecule has 0 fully saturated rings. The van der Waals surface area contributed by atoms with Crippen LogP contribution >= 0.6 is 0 Å². The van der Waals surface area contributed by atoms with Crippen LogP contribution in [0.2, 0.25) is 0 Å². The number of hydrogen-bond donors (Lipinski definition) is 0. The molecule has 1 heterocycles. The van der Waals surface area contributed by atoms with Crippen molar-refractivity contribution in [2.24, 2.45) is 0 Å². The lowest BCUT2D eigenvalue weighted by atomic mass is 10.00. The standard InChI is InChI=1S/C19H19NO4/c1-13-3-5-14(6-4-13)24-12-19(22)20-10-9-18(21)16-8-7-15(23-2)11-17(16)20/h3-8,11H,9-10,12H2,1-2H3. The van der Waals surface area contributed by atoms with Gasteiger partial charge in [0.1, 0.15) is 11.5 Å². The quantitative estimate of drug-likeness (QED) is 0.867.